The number of carbonyl (C=O) groups is 1. The Balaban J connectivity index is 1.51. The number of ether oxygens (including phenoxy) is 2. The second-order valence-corrected chi connectivity index (χ2v) is 10.8. The normalized spacial score (nSPS) is 19.7. The van der Waals surface area contributed by atoms with Crippen LogP contribution in [-0.4, -0.2) is 42.1 Å². The number of amidine groups is 2. The van der Waals surface area contributed by atoms with Crippen molar-refractivity contribution in [3.63, 3.8) is 0 Å². The molecule has 1 saturated carbocycles. The zero-order chi connectivity index (χ0) is 24.5. The predicted molar refractivity (Wildman–Crippen MR) is 143 cm³/mol. The van der Waals surface area contributed by atoms with Crippen LogP contribution in [0.1, 0.15) is 49.7 Å². The summed E-state index contributed by atoms with van der Waals surface area (Å²) in [7, 11) is 3.19. The fourth-order valence-corrected chi connectivity index (χ4v) is 6.64. The first-order valence-corrected chi connectivity index (χ1v) is 13.6. The standard InChI is InChI=1S/C26H27Cl2N3O3S/c1-33-22-12-18-20(13-23(22)34-2)29-26(35-14-16-8-9-17(27)11-19(16)28)31-21(25(32)30-24(18)31)10-15-6-4-3-5-7-15/h8-9,11-13,15,21H,3-7,10,14H2,1-2H3/t21-/m1/s1. The fourth-order valence-electron chi connectivity index (χ4n) is 5.03. The van der Waals surface area contributed by atoms with E-state index in [-0.39, 0.29) is 11.9 Å². The highest BCUT2D eigenvalue weighted by atomic mass is 35.5. The van der Waals surface area contributed by atoms with Gasteiger partial charge in [0.2, 0.25) is 0 Å². The molecule has 0 unspecified atom stereocenters. The van der Waals surface area contributed by atoms with E-state index in [0.29, 0.717) is 44.7 Å². The van der Waals surface area contributed by atoms with Gasteiger partial charge in [-0.2, -0.15) is 4.99 Å². The van der Waals surface area contributed by atoms with Crippen molar-refractivity contribution in [2.75, 3.05) is 14.2 Å². The number of methoxy groups -OCH3 is 2. The molecule has 2 aromatic rings. The number of fused-ring (bicyclic) bond motifs is 3. The lowest BCUT2D eigenvalue weighted by atomic mass is 9.84. The number of amides is 1. The lowest BCUT2D eigenvalue weighted by molar-refractivity contribution is -0.120. The number of hydrogen-bond donors (Lipinski definition) is 0. The Morgan fingerprint density at radius 3 is 2.49 bits per heavy atom. The predicted octanol–water partition coefficient (Wildman–Crippen LogP) is 6.87. The molecule has 9 heteroatoms. The van der Waals surface area contributed by atoms with Crippen molar-refractivity contribution >= 4 is 57.6 Å². The number of carbonyl (C=O) groups excluding carboxylic acids is 1. The summed E-state index contributed by atoms with van der Waals surface area (Å²) in [6.07, 6.45) is 6.84. The average Bonchev–Trinajstić information content (AvgIpc) is 3.19. The Morgan fingerprint density at radius 2 is 1.77 bits per heavy atom. The van der Waals surface area contributed by atoms with E-state index in [4.69, 9.17) is 37.7 Å². The van der Waals surface area contributed by atoms with E-state index in [2.05, 4.69) is 4.99 Å². The molecule has 0 aromatic heterocycles. The van der Waals surface area contributed by atoms with E-state index in [1.807, 2.05) is 29.2 Å². The van der Waals surface area contributed by atoms with Crippen molar-refractivity contribution in [1.29, 1.82) is 0 Å². The molecule has 0 N–H and O–H groups in total. The van der Waals surface area contributed by atoms with Crippen LogP contribution in [0.3, 0.4) is 0 Å². The van der Waals surface area contributed by atoms with Crippen molar-refractivity contribution in [2.45, 2.75) is 50.3 Å². The third kappa shape index (κ3) is 4.91. The zero-order valence-electron chi connectivity index (χ0n) is 19.7. The van der Waals surface area contributed by atoms with Gasteiger partial charge in [0.25, 0.3) is 5.91 Å². The lowest BCUT2D eigenvalue weighted by Crippen LogP contribution is -2.44. The van der Waals surface area contributed by atoms with E-state index >= 15 is 0 Å². The molecule has 1 aliphatic carbocycles. The molecule has 6 nitrogen and oxygen atoms in total. The largest absolute Gasteiger partial charge is 0.493 e. The number of benzene rings is 2. The van der Waals surface area contributed by atoms with Crippen molar-refractivity contribution in [3.8, 4) is 11.5 Å². The summed E-state index contributed by atoms with van der Waals surface area (Å²) < 4.78 is 11.0. The molecule has 0 saturated heterocycles. The monoisotopic (exact) mass is 531 g/mol. The lowest BCUT2D eigenvalue weighted by Gasteiger charge is -2.33. The minimum atomic E-state index is -0.346. The molecule has 35 heavy (non-hydrogen) atoms. The van der Waals surface area contributed by atoms with Gasteiger partial charge in [0.15, 0.2) is 16.7 Å². The molecular weight excluding hydrogens is 505 g/mol. The molecule has 3 aliphatic rings. The van der Waals surface area contributed by atoms with Crippen LogP contribution >= 0.6 is 35.0 Å². The summed E-state index contributed by atoms with van der Waals surface area (Å²) in [5.74, 6) is 2.80. The quantitative estimate of drug-likeness (QED) is 0.406. The van der Waals surface area contributed by atoms with Crippen LogP contribution in [0.15, 0.2) is 40.3 Å². The van der Waals surface area contributed by atoms with Gasteiger partial charge in [0.1, 0.15) is 11.9 Å². The molecular formula is C26H27Cl2N3O3S. The second-order valence-electron chi connectivity index (χ2n) is 9.04. The first-order valence-electron chi connectivity index (χ1n) is 11.8. The van der Waals surface area contributed by atoms with Crippen LogP contribution in [0.5, 0.6) is 11.5 Å². The van der Waals surface area contributed by atoms with Gasteiger partial charge in [-0.15, -0.1) is 0 Å². The maximum Gasteiger partial charge on any atom is 0.270 e. The third-order valence-corrected chi connectivity index (χ3v) is 8.45. The highest BCUT2D eigenvalue weighted by Gasteiger charge is 2.43. The van der Waals surface area contributed by atoms with Gasteiger partial charge in [-0.05, 0) is 36.1 Å². The van der Waals surface area contributed by atoms with E-state index < -0.39 is 0 Å². The molecule has 0 spiro atoms. The minimum absolute atomic E-state index is 0.106. The molecule has 1 amide bonds. The first-order chi connectivity index (χ1) is 17.0. The van der Waals surface area contributed by atoms with E-state index in [1.54, 1.807) is 32.0 Å². The minimum Gasteiger partial charge on any atom is -0.493 e. The molecule has 5 rings (SSSR count). The Kier molecular flexibility index (Phi) is 7.28. The summed E-state index contributed by atoms with van der Waals surface area (Å²) >= 11 is 14.1. The number of rotatable bonds is 6. The van der Waals surface area contributed by atoms with Crippen molar-refractivity contribution < 1.29 is 14.3 Å². The van der Waals surface area contributed by atoms with E-state index in [9.17, 15) is 4.79 Å². The van der Waals surface area contributed by atoms with Gasteiger partial charge in [0.05, 0.1) is 19.9 Å². The zero-order valence-corrected chi connectivity index (χ0v) is 22.1. The Hall–Kier alpha value is -2.22. The topological polar surface area (TPSA) is 63.5 Å². The van der Waals surface area contributed by atoms with Gasteiger partial charge in [-0.3, -0.25) is 9.69 Å². The maximum absolute atomic E-state index is 13.2. The fraction of sp³-hybridized carbons (Fsp3) is 0.423. The number of aliphatic imine (C=N–C) groups is 2. The molecule has 1 fully saturated rings. The van der Waals surface area contributed by atoms with Crippen LogP contribution in [-0.2, 0) is 10.5 Å². The molecule has 2 aromatic carbocycles. The average molecular weight is 532 g/mol. The number of halogens is 2. The smallest absolute Gasteiger partial charge is 0.270 e. The summed E-state index contributed by atoms with van der Waals surface area (Å²) in [5, 5.41) is 1.94. The SMILES string of the molecule is COc1cc2c(cc1OC)C1=NC(=O)[C@@H](CC3CCCCC3)N1C(SCc1ccc(Cl)cc1Cl)=N2. The molecule has 0 radical (unpaired) electrons. The van der Waals surface area contributed by atoms with Crippen LogP contribution in [0.2, 0.25) is 10.0 Å². The van der Waals surface area contributed by atoms with Gasteiger partial charge in [-0.25, -0.2) is 4.99 Å². The van der Waals surface area contributed by atoms with Crippen molar-refractivity contribution in [2.24, 2.45) is 15.9 Å². The highest BCUT2D eigenvalue weighted by Crippen LogP contribution is 2.43. The summed E-state index contributed by atoms with van der Waals surface area (Å²) in [4.78, 5) is 24.8. The van der Waals surface area contributed by atoms with Gasteiger partial charge in [-0.1, -0.05) is 73.1 Å². The Bertz CT molecular complexity index is 1210. The van der Waals surface area contributed by atoms with Crippen LogP contribution in [0, 0.1) is 5.92 Å². The first kappa shape index (κ1) is 24.5. The Labute approximate surface area is 219 Å². The van der Waals surface area contributed by atoms with Crippen LogP contribution < -0.4 is 9.47 Å². The van der Waals surface area contributed by atoms with Crippen LogP contribution in [0.25, 0.3) is 0 Å². The van der Waals surface area contributed by atoms with Gasteiger partial charge >= 0.3 is 0 Å². The number of hydrogen-bond acceptors (Lipinski definition) is 6. The molecule has 184 valence electrons. The Morgan fingerprint density at radius 1 is 1.03 bits per heavy atom. The molecule has 2 heterocycles. The van der Waals surface area contributed by atoms with E-state index in [0.717, 1.165) is 35.6 Å². The molecule has 2 aliphatic heterocycles. The molecule has 1 atom stereocenters. The van der Waals surface area contributed by atoms with E-state index in [1.165, 1.54) is 19.3 Å². The van der Waals surface area contributed by atoms with Crippen molar-refractivity contribution in [3.05, 3.63) is 51.5 Å². The number of nitrogens with zero attached hydrogens (tertiary/aromatic N) is 3. The van der Waals surface area contributed by atoms with Gasteiger partial charge in [0, 0.05) is 27.4 Å². The maximum atomic E-state index is 13.2. The van der Waals surface area contributed by atoms with Crippen molar-refractivity contribution in [1.82, 2.24) is 4.90 Å². The summed E-state index contributed by atoms with van der Waals surface area (Å²) in [6, 6.07) is 8.84. The molecule has 0 bridgehead atoms. The highest BCUT2D eigenvalue weighted by molar-refractivity contribution is 8.13. The summed E-state index contributed by atoms with van der Waals surface area (Å²) in [6.45, 7) is 0. The number of thioether (sulfide) groups is 1. The second kappa shape index (κ2) is 10.4. The third-order valence-electron chi connectivity index (χ3n) is 6.86. The van der Waals surface area contributed by atoms with Gasteiger partial charge < -0.3 is 9.47 Å². The summed E-state index contributed by atoms with van der Waals surface area (Å²) in [5.41, 5.74) is 2.43. The van der Waals surface area contributed by atoms with Crippen LogP contribution in [0.4, 0.5) is 5.69 Å².